The minimum atomic E-state index is -0.542. The minimum Gasteiger partial charge on any atom is -0.263 e. The molecule has 2 aromatic heterocycles. The minimum absolute atomic E-state index is 0.542. The first-order chi connectivity index (χ1) is 28.1. The summed E-state index contributed by atoms with van der Waals surface area (Å²) in [6.07, 6.45) is 6.80. The van der Waals surface area contributed by atoms with E-state index in [1.165, 1.54) is 60.8 Å². The zero-order chi connectivity index (χ0) is 38.1. The molecule has 9 aromatic rings. The molecule has 2 heterocycles. The molecule has 1 spiro atoms. The Morgan fingerprint density at radius 2 is 0.842 bits per heavy atom. The molecule has 4 nitrogen and oxygen atoms in total. The smallest absolute Gasteiger partial charge is 0.101 e. The molecule has 0 radical (unpaired) electrons. The van der Waals surface area contributed by atoms with Gasteiger partial charge in [0.1, 0.15) is 12.1 Å². The highest BCUT2D eigenvalue weighted by molar-refractivity contribution is 6.11. The Labute approximate surface area is 330 Å². The highest BCUT2D eigenvalue weighted by atomic mass is 14.6. The molecule has 0 saturated heterocycles. The number of hydrogen-bond donors (Lipinski definition) is 0. The summed E-state index contributed by atoms with van der Waals surface area (Å²) in [6.45, 7) is 0. The summed E-state index contributed by atoms with van der Waals surface area (Å²) >= 11 is 0. The van der Waals surface area contributed by atoms with E-state index in [1.54, 1.807) is 18.6 Å². The number of fused-ring (bicyclic) bond motifs is 12. The fraction of sp³-hybridized carbons (Fsp3) is 0.0189. The molecule has 0 unspecified atom stereocenters. The third kappa shape index (κ3) is 4.78. The van der Waals surface area contributed by atoms with E-state index < -0.39 is 5.41 Å². The molecule has 11 rings (SSSR count). The van der Waals surface area contributed by atoms with Gasteiger partial charge in [0.2, 0.25) is 0 Å². The average Bonchev–Trinajstić information content (AvgIpc) is 3.76. The van der Waals surface area contributed by atoms with Gasteiger partial charge >= 0.3 is 0 Å². The van der Waals surface area contributed by atoms with Gasteiger partial charge in [-0.15, -0.1) is 0 Å². The summed E-state index contributed by atoms with van der Waals surface area (Å²) in [4.78, 5) is 8.59. The van der Waals surface area contributed by atoms with Crippen molar-refractivity contribution in [1.29, 1.82) is 10.5 Å². The maximum atomic E-state index is 9.49. The molecular weight excluding hydrogens is 693 g/mol. The van der Waals surface area contributed by atoms with Gasteiger partial charge in [0, 0.05) is 35.9 Å². The van der Waals surface area contributed by atoms with Crippen LogP contribution in [0.4, 0.5) is 0 Å². The Hall–Kier alpha value is -7.92. The van der Waals surface area contributed by atoms with Crippen molar-refractivity contribution < 1.29 is 0 Å². The molecule has 262 valence electrons. The number of nitriles is 2. The van der Waals surface area contributed by atoms with Crippen LogP contribution >= 0.6 is 0 Å². The second-order valence-electron chi connectivity index (χ2n) is 14.8. The molecule has 2 aliphatic carbocycles. The van der Waals surface area contributed by atoms with Crippen LogP contribution in [-0.4, -0.2) is 9.97 Å². The first-order valence-corrected chi connectivity index (χ1v) is 19.0. The van der Waals surface area contributed by atoms with Crippen molar-refractivity contribution in [3.63, 3.8) is 0 Å². The Morgan fingerprint density at radius 3 is 1.42 bits per heavy atom. The molecule has 4 heteroatoms. The van der Waals surface area contributed by atoms with E-state index in [2.05, 4.69) is 168 Å². The van der Waals surface area contributed by atoms with Crippen molar-refractivity contribution in [3.05, 3.63) is 216 Å². The topological polar surface area (TPSA) is 73.4 Å². The van der Waals surface area contributed by atoms with Crippen LogP contribution in [-0.2, 0) is 5.41 Å². The number of aromatic nitrogens is 2. The van der Waals surface area contributed by atoms with E-state index in [0.717, 1.165) is 38.9 Å². The highest BCUT2D eigenvalue weighted by Crippen LogP contribution is 2.64. The Kier molecular flexibility index (Phi) is 7.17. The third-order valence-corrected chi connectivity index (χ3v) is 11.9. The molecule has 57 heavy (non-hydrogen) atoms. The monoisotopic (exact) mass is 722 g/mol. The summed E-state index contributed by atoms with van der Waals surface area (Å²) < 4.78 is 0. The first-order valence-electron chi connectivity index (χ1n) is 19.0. The third-order valence-electron chi connectivity index (χ3n) is 11.9. The van der Waals surface area contributed by atoms with Gasteiger partial charge in [0.15, 0.2) is 0 Å². The number of benzene rings is 7. The van der Waals surface area contributed by atoms with Crippen molar-refractivity contribution in [1.82, 2.24) is 9.97 Å². The van der Waals surface area contributed by atoms with Crippen LogP contribution in [0.15, 0.2) is 183 Å². The lowest BCUT2D eigenvalue weighted by molar-refractivity contribution is 0.795. The van der Waals surface area contributed by atoms with Crippen LogP contribution in [0.5, 0.6) is 0 Å². The first kappa shape index (κ1) is 32.5. The molecule has 0 bridgehead atoms. The van der Waals surface area contributed by atoms with E-state index in [4.69, 9.17) is 0 Å². The Bertz CT molecular complexity index is 3150. The lowest BCUT2D eigenvalue weighted by Crippen LogP contribution is -2.26. The van der Waals surface area contributed by atoms with Gasteiger partial charge < -0.3 is 0 Å². The average molecular weight is 723 g/mol. The van der Waals surface area contributed by atoms with Gasteiger partial charge in [-0.1, -0.05) is 133 Å². The van der Waals surface area contributed by atoms with Gasteiger partial charge in [0.25, 0.3) is 0 Å². The lowest BCUT2D eigenvalue weighted by Gasteiger charge is -2.31. The summed E-state index contributed by atoms with van der Waals surface area (Å²) in [7, 11) is 0. The quantitative estimate of drug-likeness (QED) is 0.181. The van der Waals surface area contributed by atoms with E-state index >= 15 is 0 Å². The number of nitrogens with zero attached hydrogens (tertiary/aromatic N) is 4. The van der Waals surface area contributed by atoms with E-state index in [1.807, 2.05) is 18.3 Å². The van der Waals surface area contributed by atoms with Crippen molar-refractivity contribution in [2.45, 2.75) is 5.41 Å². The van der Waals surface area contributed by atoms with Crippen LogP contribution in [0, 0.1) is 22.7 Å². The van der Waals surface area contributed by atoms with Crippen LogP contribution in [0.2, 0.25) is 0 Å². The molecule has 0 aliphatic heterocycles. The Balaban J connectivity index is 1.14. The standard InChI is InChI=1S/C53H30N4/c54-27-33-23-40(31-56-29-33)36-15-13-35(14-16-36)39-21-22-46-50(25-39)53(48-11-5-3-8-43(48)44-9-4-6-12-49(44)53)51-26-47(42-7-1-2-10-45(42)52(46)51)38-19-17-37(18-20-38)41-24-34(28-55)30-57-32-41/h1-26,29-32H. The molecule has 0 saturated carbocycles. The molecule has 0 N–H and O–H groups in total. The van der Waals surface area contributed by atoms with Crippen LogP contribution in [0.25, 0.3) is 77.5 Å². The SMILES string of the molecule is N#Cc1cncc(-c2ccc(-c3ccc4c(c3)C3(c5ccccc5-c5ccccc53)c3cc(-c5ccc(-c6cncc(C#N)c6)cc5)c5ccccc5c3-4)cc2)c1. The molecule has 0 atom stereocenters. The maximum absolute atomic E-state index is 9.49. The molecule has 0 amide bonds. The van der Waals surface area contributed by atoms with Crippen molar-refractivity contribution in [3.8, 4) is 78.9 Å². The largest absolute Gasteiger partial charge is 0.263 e. The van der Waals surface area contributed by atoms with Gasteiger partial charge in [0.05, 0.1) is 16.5 Å². The van der Waals surface area contributed by atoms with E-state index in [-0.39, 0.29) is 0 Å². The van der Waals surface area contributed by atoms with Gasteiger partial charge in [-0.05, 0) is 113 Å². The summed E-state index contributed by atoms with van der Waals surface area (Å²) in [6, 6.07) is 61.6. The van der Waals surface area contributed by atoms with E-state index in [0.29, 0.717) is 11.1 Å². The van der Waals surface area contributed by atoms with Crippen LogP contribution in [0.3, 0.4) is 0 Å². The second kappa shape index (κ2) is 12.6. The molecule has 0 fully saturated rings. The fourth-order valence-electron chi connectivity index (χ4n) is 9.43. The maximum Gasteiger partial charge on any atom is 0.101 e. The summed E-state index contributed by atoms with van der Waals surface area (Å²) in [5.74, 6) is 0. The predicted molar refractivity (Wildman–Crippen MR) is 227 cm³/mol. The van der Waals surface area contributed by atoms with Crippen molar-refractivity contribution in [2.75, 3.05) is 0 Å². The number of pyridine rings is 2. The van der Waals surface area contributed by atoms with Gasteiger partial charge in [-0.2, -0.15) is 10.5 Å². The highest BCUT2D eigenvalue weighted by Gasteiger charge is 2.52. The van der Waals surface area contributed by atoms with Gasteiger partial charge in [-0.25, -0.2) is 0 Å². The predicted octanol–water partition coefficient (Wildman–Crippen LogP) is 12.4. The number of hydrogen-bond acceptors (Lipinski definition) is 4. The van der Waals surface area contributed by atoms with Crippen molar-refractivity contribution in [2.24, 2.45) is 0 Å². The fourth-order valence-corrected chi connectivity index (χ4v) is 9.43. The molecular formula is C53H30N4. The molecule has 7 aromatic carbocycles. The van der Waals surface area contributed by atoms with Crippen LogP contribution < -0.4 is 0 Å². The zero-order valence-electron chi connectivity index (χ0n) is 30.6. The Morgan fingerprint density at radius 1 is 0.351 bits per heavy atom. The molecule has 2 aliphatic rings. The lowest BCUT2D eigenvalue weighted by atomic mass is 9.69. The van der Waals surface area contributed by atoms with Crippen molar-refractivity contribution >= 4 is 10.8 Å². The zero-order valence-corrected chi connectivity index (χ0v) is 30.6. The van der Waals surface area contributed by atoms with E-state index in [9.17, 15) is 10.5 Å². The van der Waals surface area contributed by atoms with Crippen LogP contribution in [0.1, 0.15) is 33.4 Å². The normalized spacial score (nSPS) is 12.7. The van der Waals surface area contributed by atoms with Gasteiger partial charge in [-0.3, -0.25) is 9.97 Å². The summed E-state index contributed by atoms with van der Waals surface area (Å²) in [5, 5.41) is 21.4. The second-order valence-corrected chi connectivity index (χ2v) is 14.8. The summed E-state index contributed by atoms with van der Waals surface area (Å²) in [5.41, 5.74) is 19.2. The number of rotatable bonds is 4.